The van der Waals surface area contributed by atoms with Gasteiger partial charge in [-0.2, -0.15) is 5.10 Å². The second-order valence-electron chi connectivity index (χ2n) is 28.2. The standard InChI is InChI=1S/C22H20ClN5OS.C14H14N4S.C11H10N2O2.C11H12N2.C8H7Cl2NO.C7H8N2O2.C6H6ClN.C5H11N3OS.C4H9NO.C2H2Cl2O.CH2Cl2.CH5N3S.CH2O3.CH4.ClH.2K.H2.H/c1-13-8-11-19(21-16(13)10-9-14(2)24-21)28-15(3)26-27-22(28)30-12-20(29)25-18-7-5-4-6-17(18)23;1-8-4-7-12(18-10(3)16-17-14(18)19)13-11(8)6-5-9(2)15-13;1-7-3-6-10(13(14)15)11-9(7)5-4-8(2)12-11;1-7-3-6-10(12)11-9(7)5-4-8(2)13-11;9-5-8(12)11-7-4-2-1-3-6(7)10;1-5-2-3-7(9(10)11)6(8)4-5;7-5-3-1-2-4-6(5)8;1-3-9-4(2)7-8-5(6)10;1-3-6-4(2)5;3-1-2(4)5;2-1-3;2-1(5)4-3;2-1-4-3;;;;;;/h4-11H,12H2,1-3H3,(H,25,29);4-7H,1-3H3,(H,17,19);3-6H,1-2H3;3-6H,12H2,1-2H3;1-4H,5H2,(H,11,12);2-4H,8H2,1H3;1-4H,8H2;3H2,1-2H3,(H3,6,8,10);5H,3H2,1-2H3;1H2;1H2;3H2,(H3,2,4,5);1,3H;1H4;1H;;;1H;/q;;;;;;;;;;;;;;;2*+1;;-1/p-1/b;;;;;;;7-4-;;;;;;;;;;;. The average Bonchev–Trinajstić information content (AvgIpc) is 1.59. The number of carbonyl (C=O) groups is 4. The number of nitrogens with two attached hydrogens (primary N) is 6. The number of halogens is 9. The Bertz CT molecular complexity index is 6630. The van der Waals surface area contributed by atoms with Crippen molar-refractivity contribution < 1.29 is 154 Å². The zero-order valence-corrected chi connectivity index (χ0v) is 97.9. The molecule has 0 bridgehead atoms. The first-order chi connectivity index (χ1) is 66.7. The number of thiocarbonyl (C=S) groups is 2. The second-order valence-corrected chi connectivity index (χ2v) is 33.4. The van der Waals surface area contributed by atoms with E-state index in [1.165, 1.54) is 35.0 Å². The number of benzene rings is 8. The van der Waals surface area contributed by atoms with E-state index >= 15 is 0 Å². The summed E-state index contributed by atoms with van der Waals surface area (Å²) in [5.74, 6) is 6.63. The van der Waals surface area contributed by atoms with E-state index in [0.29, 0.717) is 66.7 Å². The maximum Gasteiger partial charge on any atom is 1.00 e. The van der Waals surface area contributed by atoms with Crippen molar-refractivity contribution in [1.29, 1.82) is 5.41 Å². The number of nitro groups is 2. The largest absolute Gasteiger partial charge is 1.00 e. The van der Waals surface area contributed by atoms with Gasteiger partial charge in [0.05, 0.1) is 106 Å². The molecule has 772 valence electrons. The second kappa shape index (κ2) is 76.2. The first-order valence-electron chi connectivity index (χ1n) is 41.2. The Hall–Kier alpha value is -9.35. The Kier molecular flexibility index (Phi) is 73.5. The van der Waals surface area contributed by atoms with Crippen molar-refractivity contribution in [2.45, 2.75) is 116 Å². The van der Waals surface area contributed by atoms with E-state index in [9.17, 15) is 34.6 Å². The van der Waals surface area contributed by atoms with Gasteiger partial charge in [-0.25, -0.2) is 10.8 Å². The molecule has 0 atom stereocenters. The van der Waals surface area contributed by atoms with Crippen LogP contribution in [0, 0.1) is 107 Å². The number of non-ortho nitro benzene ring substituents is 1. The number of aryl methyl sites for hydroxylation is 11. The number of hydrogen-bond donors (Lipinski definition) is 12. The van der Waals surface area contributed by atoms with E-state index in [-0.39, 0.29) is 200 Å². The number of fused-ring (bicyclic) bond motifs is 4. The Labute approximate surface area is 995 Å². The number of carbonyl (C=O) groups excluding carboxylic acids is 4. The Morgan fingerprint density at radius 3 is 1.32 bits per heavy atom. The number of aromatic nitrogens is 10. The van der Waals surface area contributed by atoms with Gasteiger partial charge >= 0.3 is 103 Å². The molecule has 14 aromatic rings. The summed E-state index contributed by atoms with van der Waals surface area (Å²) in [5, 5.41) is 67.2. The molecule has 14 rings (SSSR count). The topological polar surface area (TPSA) is 562 Å². The van der Waals surface area contributed by atoms with Crippen molar-refractivity contribution in [2.75, 3.05) is 63.9 Å². The van der Waals surface area contributed by atoms with Crippen molar-refractivity contribution in [3.8, 4) is 11.4 Å². The number of H-pyrrole nitrogens is 1. The molecule has 0 radical (unpaired) electrons. The third-order valence-corrected chi connectivity index (χ3v) is 20.7. The third kappa shape index (κ3) is 51.9. The number of ether oxygens (including phenoxy) is 2. The molecular formula is C94H115Cl9K2N24O12S4. The molecule has 0 aliphatic rings. The fourth-order valence-electron chi connectivity index (χ4n) is 11.2. The Morgan fingerprint density at radius 1 is 0.559 bits per heavy atom. The van der Waals surface area contributed by atoms with Gasteiger partial charge < -0.3 is 65.8 Å². The van der Waals surface area contributed by atoms with Gasteiger partial charge in [-0.05, 0) is 251 Å². The van der Waals surface area contributed by atoms with Gasteiger partial charge in [0, 0.05) is 71.7 Å². The summed E-state index contributed by atoms with van der Waals surface area (Å²) in [4.78, 5) is 82.2. The summed E-state index contributed by atoms with van der Waals surface area (Å²) in [5.41, 5.74) is 48.1. The van der Waals surface area contributed by atoms with Crippen LogP contribution in [0.5, 0.6) is 0 Å². The molecule has 6 aromatic heterocycles. The molecule has 0 fully saturated rings. The molecular weight excluding hydrogens is 2180 g/mol. The number of pyridine rings is 4. The molecule has 0 aliphatic heterocycles. The minimum absolute atomic E-state index is 0. The van der Waals surface area contributed by atoms with E-state index in [0.717, 1.165) is 106 Å². The minimum Gasteiger partial charge on any atom is -1.00 e. The zero-order chi connectivity index (χ0) is 106. The number of rotatable bonds is 15. The van der Waals surface area contributed by atoms with Crippen molar-refractivity contribution in [3.05, 3.63) is 290 Å². The maximum atomic E-state index is 12.4. The van der Waals surface area contributed by atoms with Crippen LogP contribution in [0.3, 0.4) is 0 Å². The van der Waals surface area contributed by atoms with Gasteiger partial charge in [0.1, 0.15) is 28.7 Å². The molecule has 36 nitrogen and oxygen atoms in total. The molecule has 0 saturated carbocycles. The van der Waals surface area contributed by atoms with E-state index in [1.54, 1.807) is 80.6 Å². The Morgan fingerprint density at radius 2 is 0.952 bits per heavy atom. The smallest absolute Gasteiger partial charge is 1.00 e. The predicted octanol–water partition coefficient (Wildman–Crippen LogP) is 15.8. The van der Waals surface area contributed by atoms with Crippen molar-refractivity contribution in [1.82, 2.24) is 60.3 Å². The van der Waals surface area contributed by atoms with Gasteiger partial charge in [-0.1, -0.05) is 145 Å². The summed E-state index contributed by atoms with van der Waals surface area (Å²) in [6.07, 6.45) is 0. The summed E-state index contributed by atoms with van der Waals surface area (Å²) in [6, 6.07) is 57.5. The number of alkyl halides is 4. The molecule has 18 N–H and O–H groups in total. The predicted molar refractivity (Wildman–Crippen MR) is 599 cm³/mol. The van der Waals surface area contributed by atoms with Gasteiger partial charge in [-0.3, -0.25) is 79.4 Å². The monoisotopic (exact) mass is 2290 g/mol. The van der Waals surface area contributed by atoms with E-state index in [2.05, 4.69) is 148 Å². The normalized spacial score (nSPS) is 9.62. The minimum atomic E-state index is -0.508. The van der Waals surface area contributed by atoms with Crippen molar-refractivity contribution in [3.63, 3.8) is 0 Å². The van der Waals surface area contributed by atoms with Crippen LogP contribution in [0.2, 0.25) is 15.1 Å². The summed E-state index contributed by atoms with van der Waals surface area (Å²) >= 11 is 57.2. The number of nitrogens with zero attached hydrogens (tertiary/aromatic N) is 12. The van der Waals surface area contributed by atoms with E-state index in [1.807, 2.05) is 163 Å². The summed E-state index contributed by atoms with van der Waals surface area (Å²) < 4.78 is 14.0. The first kappa shape index (κ1) is 140. The van der Waals surface area contributed by atoms with Crippen molar-refractivity contribution >= 4 is 283 Å². The van der Waals surface area contributed by atoms with Crippen LogP contribution in [-0.2, 0) is 33.5 Å². The number of thioether (sulfide) groups is 1. The SMILES string of the molecule is C.CCO/C(C)=N\NC(N)=S.CCOC(C)=N.Cc1ccc([N+](=O)[O-])c(N)c1.Cc1ccc2c(C)ccc(-n3c(C)n[nH]c3=S)c2n1.Cc1ccc2c(C)ccc(-n3c(C)nnc3SCC(=O)Nc3ccccc3Cl)c2n1.Cc1ccc2c(C)ccc(N)c2n1.Cc1ccc2c(C)ccc([N+](=O)[O-])c2n1.Cl.ClCCl.NNC(N)=S.Nc1ccccc1Cl.O=C(CCl)Nc1ccccc1Cl.O=C(Cl)CCl.O=CO[O-].[H-].[HH].[K+].[K+]. The van der Waals surface area contributed by atoms with E-state index < -0.39 is 15.1 Å². The fraction of sp³-hybridized carbons (Fsp3) is 0.234. The molecule has 0 spiro atoms. The number of hydrazone groups is 1. The van der Waals surface area contributed by atoms with Gasteiger partial charge in [0.15, 0.2) is 26.1 Å². The average molecular weight is 2300 g/mol. The van der Waals surface area contributed by atoms with Gasteiger partial charge in [0.25, 0.3) is 17.8 Å². The van der Waals surface area contributed by atoms with Crippen LogP contribution in [-0.4, -0.2) is 141 Å². The zero-order valence-electron chi connectivity index (χ0n) is 82.5. The number of nitro benzene ring substituents is 2. The van der Waals surface area contributed by atoms with Crippen molar-refractivity contribution in [2.24, 2.45) is 22.4 Å². The number of anilines is 5. The molecule has 51 heteroatoms. The summed E-state index contributed by atoms with van der Waals surface area (Å²) in [6.45, 7) is 29.6. The Balaban J connectivity index is -0.000000517. The van der Waals surface area contributed by atoms with Gasteiger partial charge in [-0.15, -0.1) is 74.1 Å². The number of amides is 2. The molecule has 0 aliphatic carbocycles. The number of aromatic amines is 1. The molecule has 6 heterocycles. The number of nitrogen functional groups attached to an aromatic ring is 3. The molecule has 8 aromatic carbocycles. The third-order valence-electron chi connectivity index (χ3n) is 17.5. The van der Waals surface area contributed by atoms with Crippen LogP contribution in [0.25, 0.3) is 55.0 Å². The first-order valence-corrected chi connectivity index (χ1v) is 47.1. The summed E-state index contributed by atoms with van der Waals surface area (Å²) in [7, 11) is 0. The molecule has 0 saturated heterocycles. The number of nitrogens with one attached hydrogen (secondary N) is 6. The number of hydrogen-bond acceptors (Lipinski definition) is 29. The molecule has 0 unspecified atom stereocenters. The van der Waals surface area contributed by atoms with E-state index in [4.69, 9.17) is 159 Å². The van der Waals surface area contributed by atoms with Crippen LogP contribution < -0.4 is 164 Å². The molecule has 145 heavy (non-hydrogen) atoms. The number of hydrazine groups is 1. The van der Waals surface area contributed by atoms with Crippen LogP contribution in [0.4, 0.5) is 39.8 Å². The van der Waals surface area contributed by atoms with Crippen LogP contribution >= 0.6 is 154 Å². The van der Waals surface area contributed by atoms with Crippen LogP contribution in [0.1, 0.15) is 100 Å². The molecule has 2 amide bonds. The number of para-hydroxylation sites is 3. The maximum absolute atomic E-state index is 12.4. The fourth-order valence-corrected chi connectivity index (χ4v) is 12.9. The van der Waals surface area contributed by atoms with Crippen LogP contribution in [0.15, 0.2) is 198 Å². The van der Waals surface area contributed by atoms with Gasteiger partial charge in [0.2, 0.25) is 23.0 Å². The quantitative estimate of drug-likeness (QED) is 0.00362.